The van der Waals surface area contributed by atoms with Crippen LogP contribution in [0.15, 0.2) is 35.0 Å². The highest BCUT2D eigenvalue weighted by atomic mass is 35.5. The Morgan fingerprint density at radius 1 is 1.37 bits per heavy atom. The van der Waals surface area contributed by atoms with Gasteiger partial charge in [-0.1, -0.05) is 6.07 Å². The highest BCUT2D eigenvalue weighted by molar-refractivity contribution is 7.08. The van der Waals surface area contributed by atoms with E-state index >= 15 is 0 Å². The number of ether oxygens (including phenoxy) is 1. The molecule has 0 amide bonds. The molecule has 0 aliphatic carbocycles. The van der Waals surface area contributed by atoms with Gasteiger partial charge in [0, 0.05) is 6.07 Å². The Bertz CT molecular complexity index is 560. The van der Waals surface area contributed by atoms with Gasteiger partial charge in [-0.05, 0) is 34.0 Å². The van der Waals surface area contributed by atoms with E-state index in [9.17, 15) is 10.1 Å². The number of halogens is 1. The van der Waals surface area contributed by atoms with Gasteiger partial charge in [0.25, 0.3) is 0 Å². The maximum atomic E-state index is 10.9. The molecule has 0 spiro atoms. The number of rotatable bonds is 4. The van der Waals surface area contributed by atoms with Crippen LogP contribution in [0.3, 0.4) is 0 Å². The number of hydrogen-bond acceptors (Lipinski definition) is 5. The van der Waals surface area contributed by atoms with E-state index in [0.29, 0.717) is 5.56 Å². The van der Waals surface area contributed by atoms with Crippen molar-refractivity contribution in [3.63, 3.8) is 0 Å². The molecule has 0 unspecified atom stereocenters. The van der Waals surface area contributed by atoms with Crippen molar-refractivity contribution in [2.24, 2.45) is 5.73 Å². The van der Waals surface area contributed by atoms with Crippen molar-refractivity contribution in [3.8, 4) is 5.75 Å². The largest absolute Gasteiger partial charge is 0.490 e. The highest BCUT2D eigenvalue weighted by Crippen LogP contribution is 2.31. The van der Waals surface area contributed by atoms with Gasteiger partial charge in [-0.2, -0.15) is 11.3 Å². The molecule has 0 bridgehead atoms. The Morgan fingerprint density at radius 2 is 2.11 bits per heavy atom. The third-order valence-electron chi connectivity index (χ3n) is 2.66. The number of benzene rings is 1. The lowest BCUT2D eigenvalue weighted by Gasteiger charge is -2.11. The predicted molar refractivity (Wildman–Crippen MR) is 77.2 cm³/mol. The second kappa shape index (κ2) is 6.51. The molecule has 1 atom stereocenters. The highest BCUT2D eigenvalue weighted by Gasteiger charge is 2.18. The molecule has 2 aromatic rings. The summed E-state index contributed by atoms with van der Waals surface area (Å²) in [5, 5.41) is 14.8. The molecule has 0 saturated carbocycles. The SMILES string of the molecule is COc1ccc([C@@H](N)c2ccsc2)cc1[N+](=O)[O-].Cl. The van der Waals surface area contributed by atoms with Crippen molar-refractivity contribution in [2.45, 2.75) is 6.04 Å². The summed E-state index contributed by atoms with van der Waals surface area (Å²) in [5.41, 5.74) is 7.63. The van der Waals surface area contributed by atoms with Crippen molar-refractivity contribution < 1.29 is 9.66 Å². The molecule has 1 aromatic carbocycles. The van der Waals surface area contributed by atoms with Gasteiger partial charge < -0.3 is 10.5 Å². The van der Waals surface area contributed by atoms with Crippen LogP contribution in [0.1, 0.15) is 17.2 Å². The van der Waals surface area contributed by atoms with Crippen LogP contribution >= 0.6 is 23.7 Å². The van der Waals surface area contributed by atoms with Gasteiger partial charge in [-0.15, -0.1) is 12.4 Å². The minimum atomic E-state index is -0.470. The van der Waals surface area contributed by atoms with Crippen LogP contribution in [0.5, 0.6) is 5.75 Å². The number of hydrogen-bond donors (Lipinski definition) is 1. The normalized spacial score (nSPS) is 11.5. The first-order valence-electron chi connectivity index (χ1n) is 5.23. The first kappa shape index (κ1) is 15.4. The molecule has 0 aliphatic rings. The van der Waals surface area contributed by atoms with E-state index in [2.05, 4.69) is 0 Å². The fourth-order valence-corrected chi connectivity index (χ4v) is 2.38. The van der Waals surface area contributed by atoms with Crippen LogP contribution < -0.4 is 10.5 Å². The molecule has 2 N–H and O–H groups in total. The second-order valence-corrected chi connectivity index (χ2v) is 4.50. The molecule has 7 heteroatoms. The van der Waals surface area contributed by atoms with Gasteiger partial charge in [0.2, 0.25) is 0 Å². The number of nitro groups is 1. The molecule has 0 radical (unpaired) electrons. The minimum Gasteiger partial charge on any atom is -0.490 e. The van der Waals surface area contributed by atoms with E-state index in [1.807, 2.05) is 16.8 Å². The molecule has 5 nitrogen and oxygen atoms in total. The van der Waals surface area contributed by atoms with Crippen LogP contribution in [0.4, 0.5) is 5.69 Å². The smallest absolute Gasteiger partial charge is 0.311 e. The fourth-order valence-electron chi connectivity index (χ4n) is 1.69. The van der Waals surface area contributed by atoms with E-state index in [1.54, 1.807) is 23.5 Å². The van der Waals surface area contributed by atoms with Crippen molar-refractivity contribution >= 4 is 29.4 Å². The van der Waals surface area contributed by atoms with Crippen molar-refractivity contribution in [1.82, 2.24) is 0 Å². The summed E-state index contributed by atoms with van der Waals surface area (Å²) in [6, 6.07) is 6.32. The van der Waals surface area contributed by atoms with Gasteiger partial charge in [-0.3, -0.25) is 10.1 Å². The van der Waals surface area contributed by atoms with Gasteiger partial charge in [0.05, 0.1) is 18.1 Å². The second-order valence-electron chi connectivity index (χ2n) is 3.72. The summed E-state index contributed by atoms with van der Waals surface area (Å²) in [7, 11) is 1.40. The van der Waals surface area contributed by atoms with Gasteiger partial charge in [-0.25, -0.2) is 0 Å². The third kappa shape index (κ3) is 3.23. The summed E-state index contributed by atoms with van der Waals surface area (Å²) >= 11 is 1.54. The molecule has 0 saturated heterocycles. The van der Waals surface area contributed by atoms with Crippen molar-refractivity contribution in [2.75, 3.05) is 7.11 Å². The zero-order chi connectivity index (χ0) is 13.1. The van der Waals surface area contributed by atoms with E-state index in [-0.39, 0.29) is 29.9 Å². The predicted octanol–water partition coefficient (Wildman–Crippen LogP) is 3.13. The molecular weight excluding hydrogens is 288 g/mol. The lowest BCUT2D eigenvalue weighted by molar-refractivity contribution is -0.385. The summed E-state index contributed by atoms with van der Waals surface area (Å²) in [6.07, 6.45) is 0. The zero-order valence-corrected chi connectivity index (χ0v) is 11.7. The number of nitro benzene ring substituents is 1. The maximum Gasteiger partial charge on any atom is 0.311 e. The minimum absolute atomic E-state index is 0. The van der Waals surface area contributed by atoms with Crippen LogP contribution in [-0.2, 0) is 0 Å². The van der Waals surface area contributed by atoms with Crippen LogP contribution in [0.25, 0.3) is 0 Å². The molecule has 0 fully saturated rings. The van der Waals surface area contributed by atoms with Crippen LogP contribution in [0, 0.1) is 10.1 Å². The van der Waals surface area contributed by atoms with E-state index in [0.717, 1.165) is 5.56 Å². The summed E-state index contributed by atoms with van der Waals surface area (Å²) in [4.78, 5) is 10.5. The number of methoxy groups -OCH3 is 1. The first-order chi connectivity index (χ1) is 8.63. The van der Waals surface area contributed by atoms with E-state index in [4.69, 9.17) is 10.5 Å². The van der Waals surface area contributed by atoms with E-state index in [1.165, 1.54) is 13.2 Å². The van der Waals surface area contributed by atoms with Gasteiger partial charge >= 0.3 is 5.69 Å². The standard InChI is InChI=1S/C12H12N2O3S.ClH/c1-17-11-3-2-8(6-10(11)14(15)16)12(13)9-4-5-18-7-9;/h2-7,12H,13H2,1H3;1H/t12-;/m1./s1. The molecular formula is C12H13ClN2O3S. The van der Waals surface area contributed by atoms with Crippen molar-refractivity contribution in [1.29, 1.82) is 0 Å². The number of thiophene rings is 1. The van der Waals surface area contributed by atoms with Crippen LogP contribution in [0.2, 0.25) is 0 Å². The average Bonchev–Trinajstić information content (AvgIpc) is 2.90. The van der Waals surface area contributed by atoms with Crippen molar-refractivity contribution in [3.05, 3.63) is 56.3 Å². The molecule has 102 valence electrons. The molecule has 2 rings (SSSR count). The molecule has 1 heterocycles. The topological polar surface area (TPSA) is 78.4 Å². The quantitative estimate of drug-likeness (QED) is 0.695. The summed E-state index contributed by atoms with van der Waals surface area (Å²) < 4.78 is 4.95. The zero-order valence-electron chi connectivity index (χ0n) is 10.1. The molecule has 1 aromatic heterocycles. The lowest BCUT2D eigenvalue weighted by Crippen LogP contribution is -2.11. The molecule has 19 heavy (non-hydrogen) atoms. The Labute approximate surface area is 120 Å². The lowest BCUT2D eigenvalue weighted by atomic mass is 10.0. The molecule has 0 aliphatic heterocycles. The van der Waals surface area contributed by atoms with E-state index < -0.39 is 4.92 Å². The summed E-state index contributed by atoms with van der Waals surface area (Å²) in [6.45, 7) is 0. The van der Waals surface area contributed by atoms with Gasteiger partial charge in [0.1, 0.15) is 0 Å². The average molecular weight is 301 g/mol. The van der Waals surface area contributed by atoms with Gasteiger partial charge in [0.15, 0.2) is 5.75 Å². The fraction of sp³-hybridized carbons (Fsp3) is 0.167. The number of nitrogens with zero attached hydrogens (tertiary/aromatic N) is 1. The summed E-state index contributed by atoms with van der Waals surface area (Å²) in [5.74, 6) is 0.237. The van der Waals surface area contributed by atoms with Crippen LogP contribution in [-0.4, -0.2) is 12.0 Å². The third-order valence-corrected chi connectivity index (χ3v) is 3.36. The Balaban J connectivity index is 0.00000180. The first-order valence-corrected chi connectivity index (χ1v) is 6.17. The monoisotopic (exact) mass is 300 g/mol. The Morgan fingerprint density at radius 3 is 2.63 bits per heavy atom. The number of nitrogens with two attached hydrogens (primary N) is 1. The Hall–Kier alpha value is -1.63. The maximum absolute atomic E-state index is 10.9. The Kier molecular flexibility index (Phi) is 5.29.